The zero-order valence-corrected chi connectivity index (χ0v) is 13.6. The molecule has 0 bridgehead atoms. The molecule has 0 spiro atoms. The van der Waals surface area contributed by atoms with Crippen LogP contribution in [-0.2, 0) is 9.53 Å². The topological polar surface area (TPSA) is 116 Å². The quantitative estimate of drug-likeness (QED) is 0.656. The fourth-order valence-corrected chi connectivity index (χ4v) is 3.04. The van der Waals surface area contributed by atoms with Crippen LogP contribution in [0.4, 0.5) is 4.79 Å². The number of hydrogen-bond acceptors (Lipinski definition) is 5. The number of hydrogen-bond donors (Lipinski definition) is 4. The molecule has 1 amide bonds. The van der Waals surface area contributed by atoms with Crippen molar-refractivity contribution in [1.29, 1.82) is 0 Å². The largest absolute Gasteiger partial charge is 0.508 e. The zero-order valence-electron chi connectivity index (χ0n) is 13.6. The first-order chi connectivity index (χ1) is 11.4. The Kier molecular flexibility index (Phi) is 5.89. The van der Waals surface area contributed by atoms with Crippen LogP contribution in [0.2, 0.25) is 0 Å². The number of aliphatic carboxylic acids is 1. The summed E-state index contributed by atoms with van der Waals surface area (Å²) in [5, 5.41) is 30.5. The number of ether oxygens (including phenoxy) is 1. The molecule has 1 aliphatic rings. The molecule has 0 saturated heterocycles. The van der Waals surface area contributed by atoms with Gasteiger partial charge in [-0.1, -0.05) is 13.0 Å². The number of carboxylic acids is 1. The second-order valence-corrected chi connectivity index (χ2v) is 6.07. The van der Waals surface area contributed by atoms with Gasteiger partial charge in [-0.2, -0.15) is 0 Å². The number of amides is 1. The number of phenols is 2. The van der Waals surface area contributed by atoms with Gasteiger partial charge in [0.2, 0.25) is 0 Å². The lowest BCUT2D eigenvalue weighted by Gasteiger charge is -2.29. The Balaban J connectivity index is 1.84. The molecule has 1 aromatic rings. The molecule has 7 heteroatoms. The molecule has 1 fully saturated rings. The van der Waals surface area contributed by atoms with E-state index in [0.717, 1.165) is 18.4 Å². The van der Waals surface area contributed by atoms with Crippen LogP contribution in [0.25, 0.3) is 0 Å². The molecule has 1 atom stereocenters. The molecule has 1 unspecified atom stereocenters. The van der Waals surface area contributed by atoms with Crippen molar-refractivity contribution >= 4 is 12.1 Å². The van der Waals surface area contributed by atoms with Crippen molar-refractivity contribution in [3.8, 4) is 11.5 Å². The Labute approximate surface area is 140 Å². The Morgan fingerprint density at radius 2 is 1.92 bits per heavy atom. The summed E-state index contributed by atoms with van der Waals surface area (Å²) in [4.78, 5) is 22.7. The standard InChI is InChI=1S/C17H23NO6/c1-2-14(16(21)22)18-17(23)24-12-6-3-10(4-7-12)13-8-5-11(19)9-15(13)20/h5,8-10,12,14,19-20H,2-4,6-7H2,1H3,(H,18,23)(H,21,22). The van der Waals surface area contributed by atoms with Gasteiger partial charge in [-0.3, -0.25) is 0 Å². The van der Waals surface area contributed by atoms with E-state index in [0.29, 0.717) is 12.8 Å². The van der Waals surface area contributed by atoms with Crippen LogP contribution in [0.5, 0.6) is 11.5 Å². The molecule has 24 heavy (non-hydrogen) atoms. The highest BCUT2D eigenvalue weighted by atomic mass is 16.6. The first-order valence-electron chi connectivity index (χ1n) is 8.12. The molecule has 0 aromatic heterocycles. The Morgan fingerprint density at radius 3 is 2.46 bits per heavy atom. The summed E-state index contributed by atoms with van der Waals surface area (Å²) >= 11 is 0. The molecule has 4 N–H and O–H groups in total. The second-order valence-electron chi connectivity index (χ2n) is 6.07. The average molecular weight is 337 g/mol. The van der Waals surface area contributed by atoms with Crippen LogP contribution in [0.1, 0.15) is 50.5 Å². The van der Waals surface area contributed by atoms with E-state index in [9.17, 15) is 19.8 Å². The fourth-order valence-electron chi connectivity index (χ4n) is 3.04. The van der Waals surface area contributed by atoms with Gasteiger partial charge in [-0.25, -0.2) is 9.59 Å². The van der Waals surface area contributed by atoms with E-state index >= 15 is 0 Å². The van der Waals surface area contributed by atoms with Crippen LogP contribution >= 0.6 is 0 Å². The second kappa shape index (κ2) is 7.90. The molecule has 0 heterocycles. The highest BCUT2D eigenvalue weighted by Crippen LogP contribution is 2.39. The van der Waals surface area contributed by atoms with Crippen molar-refractivity contribution in [1.82, 2.24) is 5.32 Å². The van der Waals surface area contributed by atoms with Crippen LogP contribution in [-0.4, -0.2) is 39.5 Å². The minimum atomic E-state index is -1.08. The molecular formula is C17H23NO6. The number of carbonyl (C=O) groups is 2. The third-order valence-corrected chi connectivity index (χ3v) is 4.40. The molecule has 1 aliphatic carbocycles. The van der Waals surface area contributed by atoms with Gasteiger partial charge in [0.05, 0.1) is 0 Å². The van der Waals surface area contributed by atoms with Crippen LogP contribution in [0, 0.1) is 0 Å². The monoisotopic (exact) mass is 337 g/mol. The van der Waals surface area contributed by atoms with Gasteiger partial charge < -0.3 is 25.4 Å². The highest BCUT2D eigenvalue weighted by molar-refractivity contribution is 5.79. The van der Waals surface area contributed by atoms with Gasteiger partial charge in [0.15, 0.2) is 0 Å². The van der Waals surface area contributed by atoms with Gasteiger partial charge in [-0.05, 0) is 49.7 Å². The van der Waals surface area contributed by atoms with Gasteiger partial charge in [0.25, 0.3) is 0 Å². The maximum Gasteiger partial charge on any atom is 0.408 e. The number of phenolic OH excluding ortho intramolecular Hbond substituents is 2. The van der Waals surface area contributed by atoms with E-state index in [4.69, 9.17) is 9.84 Å². The van der Waals surface area contributed by atoms with Gasteiger partial charge >= 0.3 is 12.1 Å². The Morgan fingerprint density at radius 1 is 1.25 bits per heavy atom. The van der Waals surface area contributed by atoms with Crippen molar-refractivity contribution in [2.75, 3.05) is 0 Å². The van der Waals surface area contributed by atoms with E-state index in [1.54, 1.807) is 19.1 Å². The summed E-state index contributed by atoms with van der Waals surface area (Å²) in [6.45, 7) is 1.68. The summed E-state index contributed by atoms with van der Waals surface area (Å²) in [5.74, 6) is -0.838. The Hall–Kier alpha value is -2.44. The van der Waals surface area contributed by atoms with Crippen LogP contribution in [0.3, 0.4) is 0 Å². The number of carboxylic acid groups (broad SMARTS) is 1. The summed E-state index contributed by atoms with van der Waals surface area (Å²) in [5.41, 5.74) is 0.785. The smallest absolute Gasteiger partial charge is 0.408 e. The van der Waals surface area contributed by atoms with E-state index in [-0.39, 0.29) is 29.9 Å². The van der Waals surface area contributed by atoms with E-state index in [1.807, 2.05) is 0 Å². The predicted octanol–water partition coefficient (Wildman–Crippen LogP) is 2.71. The van der Waals surface area contributed by atoms with Crippen molar-refractivity contribution in [3.05, 3.63) is 23.8 Å². The Bertz CT molecular complexity index is 595. The molecular weight excluding hydrogens is 314 g/mol. The summed E-state index contributed by atoms with van der Waals surface area (Å²) < 4.78 is 5.29. The number of rotatable bonds is 5. The number of alkyl carbamates (subject to hydrolysis) is 1. The molecule has 0 aliphatic heterocycles. The molecule has 7 nitrogen and oxygen atoms in total. The molecule has 2 rings (SSSR count). The minimum absolute atomic E-state index is 0.0221. The zero-order chi connectivity index (χ0) is 17.7. The highest BCUT2D eigenvalue weighted by Gasteiger charge is 2.27. The van der Waals surface area contributed by atoms with Crippen molar-refractivity contribution in [2.24, 2.45) is 0 Å². The summed E-state index contributed by atoms with van der Waals surface area (Å²) in [6.07, 6.45) is 2.09. The average Bonchev–Trinajstić information content (AvgIpc) is 2.53. The van der Waals surface area contributed by atoms with Gasteiger partial charge in [0.1, 0.15) is 23.6 Å². The summed E-state index contributed by atoms with van der Waals surface area (Å²) in [7, 11) is 0. The van der Waals surface area contributed by atoms with Gasteiger partial charge in [-0.15, -0.1) is 0 Å². The lowest BCUT2D eigenvalue weighted by molar-refractivity contribution is -0.139. The maximum absolute atomic E-state index is 11.8. The van der Waals surface area contributed by atoms with Crippen LogP contribution < -0.4 is 5.32 Å². The third-order valence-electron chi connectivity index (χ3n) is 4.40. The number of carbonyl (C=O) groups excluding carboxylic acids is 1. The fraction of sp³-hybridized carbons (Fsp3) is 0.529. The van der Waals surface area contributed by atoms with Crippen molar-refractivity contribution in [2.45, 2.75) is 57.1 Å². The number of aromatic hydroxyl groups is 2. The molecule has 1 aromatic carbocycles. The van der Waals surface area contributed by atoms with E-state index in [2.05, 4.69) is 5.32 Å². The molecule has 132 valence electrons. The number of benzene rings is 1. The minimum Gasteiger partial charge on any atom is -0.508 e. The first-order valence-corrected chi connectivity index (χ1v) is 8.12. The lowest BCUT2D eigenvalue weighted by atomic mass is 9.82. The molecule has 1 saturated carbocycles. The lowest BCUT2D eigenvalue weighted by Crippen LogP contribution is -2.42. The van der Waals surface area contributed by atoms with E-state index in [1.165, 1.54) is 6.07 Å². The van der Waals surface area contributed by atoms with E-state index < -0.39 is 18.1 Å². The SMILES string of the molecule is CCC(NC(=O)OC1CCC(c2ccc(O)cc2O)CC1)C(=O)O. The van der Waals surface area contributed by atoms with Crippen LogP contribution in [0.15, 0.2) is 18.2 Å². The molecule has 0 radical (unpaired) electrons. The maximum atomic E-state index is 11.8. The number of nitrogens with one attached hydrogen (secondary N) is 1. The summed E-state index contributed by atoms with van der Waals surface area (Å²) in [6, 6.07) is 3.63. The van der Waals surface area contributed by atoms with Gasteiger partial charge in [0, 0.05) is 6.07 Å². The van der Waals surface area contributed by atoms with Crippen molar-refractivity contribution in [3.63, 3.8) is 0 Å². The normalized spacial score (nSPS) is 21.7. The predicted molar refractivity (Wildman–Crippen MR) is 86.1 cm³/mol. The first kappa shape index (κ1) is 17.9. The van der Waals surface area contributed by atoms with Crippen molar-refractivity contribution < 1.29 is 29.6 Å². The third kappa shape index (κ3) is 4.53.